The van der Waals surface area contributed by atoms with Crippen molar-refractivity contribution in [3.63, 3.8) is 0 Å². The normalized spacial score (nSPS) is 18.4. The molecule has 4 rings (SSSR count). The SMILES string of the molecule is O=C(NCC(F)(F)F)[C@H]1CCCN1c1ccnc(-c2ccc3c(c2)OCO3)n1. The van der Waals surface area contributed by atoms with E-state index in [-0.39, 0.29) is 6.79 Å². The van der Waals surface area contributed by atoms with Crippen molar-refractivity contribution in [3.05, 3.63) is 30.5 Å². The van der Waals surface area contributed by atoms with Gasteiger partial charge in [-0.2, -0.15) is 13.2 Å². The van der Waals surface area contributed by atoms with Gasteiger partial charge < -0.3 is 19.7 Å². The van der Waals surface area contributed by atoms with Gasteiger partial charge in [-0.25, -0.2) is 9.97 Å². The number of carbonyl (C=O) groups is 1. The van der Waals surface area contributed by atoms with Crippen LogP contribution in [0.2, 0.25) is 0 Å². The molecular formula is C18H17F3N4O3. The van der Waals surface area contributed by atoms with Gasteiger partial charge >= 0.3 is 6.18 Å². The maximum absolute atomic E-state index is 12.4. The zero-order valence-electron chi connectivity index (χ0n) is 14.7. The van der Waals surface area contributed by atoms with Crippen LogP contribution in [0, 0.1) is 0 Å². The minimum atomic E-state index is -4.44. The molecule has 0 saturated carbocycles. The molecule has 0 bridgehead atoms. The van der Waals surface area contributed by atoms with Crippen molar-refractivity contribution in [2.75, 3.05) is 24.8 Å². The molecule has 0 spiro atoms. The molecule has 1 fully saturated rings. The number of carbonyl (C=O) groups excluding carboxylic acids is 1. The summed E-state index contributed by atoms with van der Waals surface area (Å²) in [6.07, 6.45) is -1.73. The molecule has 1 atom stereocenters. The van der Waals surface area contributed by atoms with Crippen molar-refractivity contribution in [2.24, 2.45) is 0 Å². The summed E-state index contributed by atoms with van der Waals surface area (Å²) >= 11 is 0. The van der Waals surface area contributed by atoms with E-state index in [1.165, 1.54) is 0 Å². The molecule has 2 aliphatic heterocycles. The van der Waals surface area contributed by atoms with Gasteiger partial charge in [-0.3, -0.25) is 4.79 Å². The Labute approximate surface area is 158 Å². The Morgan fingerprint density at radius 2 is 2.07 bits per heavy atom. The molecule has 2 aliphatic rings. The highest BCUT2D eigenvalue weighted by Gasteiger charge is 2.35. The molecule has 0 unspecified atom stereocenters. The molecule has 2 aromatic rings. The summed E-state index contributed by atoms with van der Waals surface area (Å²) in [4.78, 5) is 22.7. The topological polar surface area (TPSA) is 76.6 Å². The van der Waals surface area contributed by atoms with Gasteiger partial charge in [0.25, 0.3) is 0 Å². The van der Waals surface area contributed by atoms with Crippen LogP contribution < -0.4 is 19.7 Å². The summed E-state index contributed by atoms with van der Waals surface area (Å²) in [5.41, 5.74) is 0.711. The van der Waals surface area contributed by atoms with Crippen LogP contribution in [0.4, 0.5) is 19.0 Å². The molecule has 3 heterocycles. The van der Waals surface area contributed by atoms with E-state index in [0.29, 0.717) is 48.1 Å². The molecule has 28 heavy (non-hydrogen) atoms. The van der Waals surface area contributed by atoms with E-state index in [4.69, 9.17) is 9.47 Å². The van der Waals surface area contributed by atoms with Crippen LogP contribution >= 0.6 is 0 Å². The highest BCUT2D eigenvalue weighted by molar-refractivity contribution is 5.85. The molecule has 0 radical (unpaired) electrons. The number of halogens is 3. The molecule has 1 N–H and O–H groups in total. The van der Waals surface area contributed by atoms with E-state index >= 15 is 0 Å². The number of aromatic nitrogens is 2. The number of hydrogen-bond donors (Lipinski definition) is 1. The molecule has 0 aliphatic carbocycles. The first-order valence-corrected chi connectivity index (χ1v) is 8.75. The standard InChI is InChI=1S/C18H17F3N4O3/c19-18(20,21)9-23-17(26)12-2-1-7-25(12)15-5-6-22-16(24-15)11-3-4-13-14(8-11)28-10-27-13/h3-6,8,12H,1-2,7,9-10H2,(H,23,26)/t12-/m1/s1. The van der Waals surface area contributed by atoms with Gasteiger partial charge in [0, 0.05) is 18.3 Å². The van der Waals surface area contributed by atoms with Gasteiger partial charge in [0.2, 0.25) is 12.7 Å². The van der Waals surface area contributed by atoms with Crippen molar-refractivity contribution in [1.82, 2.24) is 15.3 Å². The Bertz CT molecular complexity index is 891. The Morgan fingerprint density at radius 3 is 2.89 bits per heavy atom. The first-order valence-electron chi connectivity index (χ1n) is 8.75. The fourth-order valence-corrected chi connectivity index (χ4v) is 3.30. The molecule has 1 amide bonds. The Kier molecular flexibility index (Phi) is 4.70. The lowest BCUT2D eigenvalue weighted by Gasteiger charge is -2.25. The number of anilines is 1. The molecule has 10 heteroatoms. The largest absolute Gasteiger partial charge is 0.454 e. The summed E-state index contributed by atoms with van der Waals surface area (Å²) in [6.45, 7) is -0.660. The van der Waals surface area contributed by atoms with Gasteiger partial charge in [-0.1, -0.05) is 0 Å². The molecular weight excluding hydrogens is 377 g/mol. The zero-order chi connectivity index (χ0) is 19.7. The van der Waals surface area contributed by atoms with Crippen LogP contribution in [0.3, 0.4) is 0 Å². The van der Waals surface area contributed by atoms with E-state index in [1.54, 1.807) is 35.4 Å². The minimum absolute atomic E-state index is 0.155. The number of amides is 1. The van der Waals surface area contributed by atoms with Crippen molar-refractivity contribution >= 4 is 11.7 Å². The van der Waals surface area contributed by atoms with E-state index < -0.39 is 24.7 Å². The highest BCUT2D eigenvalue weighted by Crippen LogP contribution is 2.35. The second-order valence-corrected chi connectivity index (χ2v) is 6.49. The number of nitrogens with one attached hydrogen (secondary N) is 1. The predicted octanol–water partition coefficient (Wildman–Crippen LogP) is 2.52. The van der Waals surface area contributed by atoms with Gasteiger partial charge in [-0.15, -0.1) is 0 Å². The lowest BCUT2D eigenvalue weighted by molar-refractivity contribution is -0.139. The summed E-state index contributed by atoms with van der Waals surface area (Å²) in [6, 6.07) is 6.27. The lowest BCUT2D eigenvalue weighted by atomic mass is 10.2. The third kappa shape index (κ3) is 3.80. The van der Waals surface area contributed by atoms with Crippen molar-refractivity contribution in [1.29, 1.82) is 0 Å². The summed E-state index contributed by atoms with van der Waals surface area (Å²) in [5.74, 6) is 1.50. The van der Waals surface area contributed by atoms with Crippen LogP contribution in [-0.4, -0.2) is 48.0 Å². The number of fused-ring (bicyclic) bond motifs is 1. The van der Waals surface area contributed by atoms with Crippen LogP contribution in [-0.2, 0) is 4.79 Å². The molecule has 1 aromatic heterocycles. The molecule has 1 saturated heterocycles. The second kappa shape index (κ2) is 7.17. The third-order valence-electron chi connectivity index (χ3n) is 4.58. The van der Waals surface area contributed by atoms with Crippen molar-refractivity contribution in [2.45, 2.75) is 25.1 Å². The first-order chi connectivity index (χ1) is 13.4. The van der Waals surface area contributed by atoms with Crippen LogP contribution in [0.15, 0.2) is 30.5 Å². The Balaban J connectivity index is 1.54. The maximum atomic E-state index is 12.4. The number of alkyl halides is 3. The highest BCUT2D eigenvalue weighted by atomic mass is 19.4. The maximum Gasteiger partial charge on any atom is 0.405 e. The van der Waals surface area contributed by atoms with Crippen molar-refractivity contribution < 1.29 is 27.4 Å². The number of hydrogen-bond acceptors (Lipinski definition) is 6. The first kappa shape index (κ1) is 18.3. The number of benzene rings is 1. The Hall–Kier alpha value is -3.04. The minimum Gasteiger partial charge on any atom is -0.454 e. The van der Waals surface area contributed by atoms with E-state index in [1.807, 2.05) is 5.32 Å². The fourth-order valence-electron chi connectivity index (χ4n) is 3.30. The van der Waals surface area contributed by atoms with Gasteiger partial charge in [0.05, 0.1) is 0 Å². The summed E-state index contributed by atoms with van der Waals surface area (Å²) < 4.78 is 47.8. The molecule has 148 valence electrons. The molecule has 1 aromatic carbocycles. The summed E-state index contributed by atoms with van der Waals surface area (Å²) in [7, 11) is 0. The third-order valence-corrected chi connectivity index (χ3v) is 4.58. The average Bonchev–Trinajstić information content (AvgIpc) is 3.34. The van der Waals surface area contributed by atoms with Gasteiger partial charge in [0.1, 0.15) is 18.4 Å². The van der Waals surface area contributed by atoms with E-state index in [0.717, 1.165) is 0 Å². The lowest BCUT2D eigenvalue weighted by Crippen LogP contribution is -2.46. The Morgan fingerprint density at radius 1 is 1.25 bits per heavy atom. The number of nitrogens with zero attached hydrogens (tertiary/aromatic N) is 3. The monoisotopic (exact) mass is 394 g/mol. The molecule has 7 nitrogen and oxygen atoms in total. The van der Waals surface area contributed by atoms with Crippen molar-refractivity contribution in [3.8, 4) is 22.9 Å². The second-order valence-electron chi connectivity index (χ2n) is 6.49. The smallest absolute Gasteiger partial charge is 0.405 e. The zero-order valence-corrected chi connectivity index (χ0v) is 14.7. The number of rotatable bonds is 4. The van der Waals surface area contributed by atoms with Gasteiger partial charge in [0.15, 0.2) is 17.3 Å². The number of ether oxygens (including phenoxy) is 2. The average molecular weight is 394 g/mol. The quantitative estimate of drug-likeness (QED) is 0.859. The summed E-state index contributed by atoms with van der Waals surface area (Å²) in [5, 5.41) is 1.96. The van der Waals surface area contributed by atoms with Gasteiger partial charge in [-0.05, 0) is 37.1 Å². The van der Waals surface area contributed by atoms with Crippen LogP contribution in [0.5, 0.6) is 11.5 Å². The predicted molar refractivity (Wildman–Crippen MR) is 93.0 cm³/mol. The van der Waals surface area contributed by atoms with Crippen LogP contribution in [0.25, 0.3) is 11.4 Å². The fraction of sp³-hybridized carbons (Fsp3) is 0.389. The van der Waals surface area contributed by atoms with E-state index in [9.17, 15) is 18.0 Å². The van der Waals surface area contributed by atoms with E-state index in [2.05, 4.69) is 9.97 Å². The van der Waals surface area contributed by atoms with Crippen LogP contribution in [0.1, 0.15) is 12.8 Å².